The molecule has 0 radical (unpaired) electrons. The van der Waals surface area contributed by atoms with Gasteiger partial charge in [0.1, 0.15) is 11.3 Å². The maximum atomic E-state index is 12.6. The van der Waals surface area contributed by atoms with Gasteiger partial charge in [-0.05, 0) is 51.0 Å². The molecule has 1 heterocycles. The Labute approximate surface area is 150 Å². The Morgan fingerprint density at radius 1 is 1.12 bits per heavy atom. The minimum Gasteiger partial charge on any atom is -0.507 e. The van der Waals surface area contributed by atoms with Gasteiger partial charge >= 0.3 is 11.9 Å². The van der Waals surface area contributed by atoms with Crippen LogP contribution in [0.5, 0.6) is 5.75 Å². The van der Waals surface area contributed by atoms with Crippen LogP contribution in [0.1, 0.15) is 54.9 Å². The van der Waals surface area contributed by atoms with Crippen LogP contribution in [0, 0.1) is 20.8 Å². The van der Waals surface area contributed by atoms with E-state index in [0.29, 0.717) is 11.3 Å². The van der Waals surface area contributed by atoms with E-state index in [4.69, 9.17) is 9.47 Å². The number of ketones is 1. The van der Waals surface area contributed by atoms with Gasteiger partial charge in [-0.1, -0.05) is 6.07 Å². The summed E-state index contributed by atoms with van der Waals surface area (Å²) < 4.78 is 9.89. The van der Waals surface area contributed by atoms with Gasteiger partial charge in [0, 0.05) is 5.69 Å². The fourth-order valence-electron chi connectivity index (χ4n) is 2.70. The van der Waals surface area contributed by atoms with Crippen molar-refractivity contribution in [1.82, 2.24) is 4.98 Å². The number of methoxy groups -OCH3 is 1. The first-order valence-electron chi connectivity index (χ1n) is 7.99. The number of hydrogen-bond acceptors (Lipinski definition) is 6. The summed E-state index contributed by atoms with van der Waals surface area (Å²) in [5, 5.41) is 9.86. The fourth-order valence-corrected chi connectivity index (χ4v) is 2.70. The standard InChI is InChI=1S/C19H21NO6/c1-9-6-7-13(14(21)8-9)18(23)26-12(4)17(22)16-10(2)15(11(3)20-16)19(24)25-5/h6-8,12,20-21H,1-5H3/t12-/m0/s1. The molecule has 7 nitrogen and oxygen atoms in total. The number of phenols is 1. The van der Waals surface area contributed by atoms with E-state index in [-0.39, 0.29) is 22.6 Å². The summed E-state index contributed by atoms with van der Waals surface area (Å²) >= 11 is 0. The monoisotopic (exact) mass is 359 g/mol. The number of Topliss-reactive ketones (excluding diaryl/α,β-unsaturated/α-hetero) is 1. The van der Waals surface area contributed by atoms with Gasteiger partial charge in [0.25, 0.3) is 0 Å². The Hall–Kier alpha value is -3.09. The molecule has 0 saturated carbocycles. The number of phenolic OH excluding ortho intramolecular Hbond substituents is 1. The SMILES string of the molecule is COC(=O)c1c(C)[nH]c(C(=O)[C@H](C)OC(=O)c2ccc(C)cc2O)c1C. The van der Waals surface area contributed by atoms with Crippen LogP contribution in [-0.4, -0.2) is 41.0 Å². The minimum atomic E-state index is -1.11. The highest BCUT2D eigenvalue weighted by molar-refractivity contribution is 6.04. The predicted molar refractivity (Wildman–Crippen MR) is 93.7 cm³/mol. The predicted octanol–water partition coefficient (Wildman–Crippen LogP) is 2.86. The zero-order chi connectivity index (χ0) is 19.6. The second-order valence-electron chi connectivity index (χ2n) is 6.05. The topological polar surface area (TPSA) is 106 Å². The number of H-pyrrole nitrogens is 1. The summed E-state index contributed by atoms with van der Waals surface area (Å²) in [5.41, 5.74) is 2.15. The van der Waals surface area contributed by atoms with E-state index in [1.807, 2.05) is 0 Å². The number of aromatic hydroxyl groups is 1. The smallest absolute Gasteiger partial charge is 0.342 e. The molecule has 2 N–H and O–H groups in total. The molecule has 1 aromatic heterocycles. The number of aromatic amines is 1. The summed E-state index contributed by atoms with van der Waals surface area (Å²) in [6.45, 7) is 6.47. The zero-order valence-corrected chi connectivity index (χ0v) is 15.3. The molecule has 2 rings (SSSR count). The van der Waals surface area contributed by atoms with Gasteiger partial charge in [-0.15, -0.1) is 0 Å². The molecule has 1 atom stereocenters. The highest BCUT2D eigenvalue weighted by Crippen LogP contribution is 2.23. The molecule has 138 valence electrons. The van der Waals surface area contributed by atoms with Crippen LogP contribution in [0.15, 0.2) is 18.2 Å². The lowest BCUT2D eigenvalue weighted by Gasteiger charge is -2.13. The second kappa shape index (κ2) is 7.43. The Morgan fingerprint density at radius 3 is 2.35 bits per heavy atom. The summed E-state index contributed by atoms with van der Waals surface area (Å²) in [4.78, 5) is 39.5. The van der Waals surface area contributed by atoms with Crippen LogP contribution in [0.25, 0.3) is 0 Å². The van der Waals surface area contributed by atoms with E-state index >= 15 is 0 Å². The van der Waals surface area contributed by atoms with Gasteiger partial charge in [-0.3, -0.25) is 4.79 Å². The lowest BCUT2D eigenvalue weighted by molar-refractivity contribution is 0.0314. The van der Waals surface area contributed by atoms with Crippen molar-refractivity contribution < 1.29 is 29.0 Å². The summed E-state index contributed by atoms with van der Waals surface area (Å²) in [7, 11) is 1.26. The number of aryl methyl sites for hydroxylation is 2. The number of carbonyl (C=O) groups excluding carboxylic acids is 3. The average Bonchev–Trinajstić information content (AvgIpc) is 2.87. The van der Waals surface area contributed by atoms with Crippen LogP contribution in [0.4, 0.5) is 0 Å². The van der Waals surface area contributed by atoms with E-state index in [2.05, 4.69) is 4.98 Å². The van der Waals surface area contributed by atoms with Crippen LogP contribution < -0.4 is 0 Å². The number of esters is 2. The number of hydrogen-bond donors (Lipinski definition) is 2. The fraction of sp³-hybridized carbons (Fsp3) is 0.316. The van der Waals surface area contributed by atoms with Crippen LogP contribution in [0.3, 0.4) is 0 Å². The third-order valence-electron chi connectivity index (χ3n) is 4.10. The van der Waals surface area contributed by atoms with Gasteiger partial charge < -0.3 is 19.6 Å². The third-order valence-corrected chi connectivity index (χ3v) is 4.10. The van der Waals surface area contributed by atoms with E-state index < -0.39 is 23.8 Å². The number of rotatable bonds is 5. The highest BCUT2D eigenvalue weighted by Gasteiger charge is 2.28. The summed E-state index contributed by atoms with van der Waals surface area (Å²) in [6.07, 6.45) is -1.11. The Bertz CT molecular complexity index is 880. The van der Waals surface area contributed by atoms with Crippen molar-refractivity contribution in [1.29, 1.82) is 0 Å². The molecule has 0 saturated heterocycles. The van der Waals surface area contributed by atoms with Gasteiger partial charge in [0.15, 0.2) is 6.10 Å². The lowest BCUT2D eigenvalue weighted by atomic mass is 10.1. The Balaban J connectivity index is 2.22. The summed E-state index contributed by atoms with van der Waals surface area (Å²) in [6, 6.07) is 4.53. The molecule has 0 aliphatic carbocycles. The van der Waals surface area contributed by atoms with Crippen molar-refractivity contribution in [2.24, 2.45) is 0 Å². The molecule has 0 aliphatic heterocycles. The molecule has 0 bridgehead atoms. The van der Waals surface area contributed by atoms with Crippen LogP contribution >= 0.6 is 0 Å². The van der Waals surface area contributed by atoms with Gasteiger partial charge in [-0.2, -0.15) is 0 Å². The number of benzene rings is 1. The average molecular weight is 359 g/mol. The number of carbonyl (C=O) groups is 3. The Morgan fingerprint density at radius 2 is 1.77 bits per heavy atom. The molecule has 0 fully saturated rings. The van der Waals surface area contributed by atoms with Crippen molar-refractivity contribution in [3.8, 4) is 5.75 Å². The maximum absolute atomic E-state index is 12.6. The molecule has 2 aromatic rings. The largest absolute Gasteiger partial charge is 0.507 e. The molecular weight excluding hydrogens is 338 g/mol. The molecule has 0 unspecified atom stereocenters. The van der Waals surface area contributed by atoms with Gasteiger partial charge in [0.05, 0.1) is 18.4 Å². The molecule has 1 aromatic carbocycles. The van der Waals surface area contributed by atoms with Crippen molar-refractivity contribution in [2.75, 3.05) is 7.11 Å². The van der Waals surface area contributed by atoms with Crippen LogP contribution in [-0.2, 0) is 9.47 Å². The second-order valence-corrected chi connectivity index (χ2v) is 6.05. The van der Waals surface area contributed by atoms with Crippen LogP contribution in [0.2, 0.25) is 0 Å². The molecule has 0 amide bonds. The van der Waals surface area contributed by atoms with Gasteiger partial charge in [-0.25, -0.2) is 9.59 Å². The van der Waals surface area contributed by atoms with E-state index in [1.165, 1.54) is 26.2 Å². The molecule has 0 aliphatic rings. The first-order valence-corrected chi connectivity index (χ1v) is 7.99. The van der Waals surface area contributed by atoms with Crippen molar-refractivity contribution in [3.05, 3.63) is 51.8 Å². The number of nitrogens with one attached hydrogen (secondary N) is 1. The quantitative estimate of drug-likeness (QED) is 0.628. The van der Waals surface area contributed by atoms with E-state index in [1.54, 1.807) is 26.8 Å². The minimum absolute atomic E-state index is 0.0233. The lowest BCUT2D eigenvalue weighted by Crippen LogP contribution is -2.25. The van der Waals surface area contributed by atoms with Crippen molar-refractivity contribution in [3.63, 3.8) is 0 Å². The first-order chi connectivity index (χ1) is 12.2. The maximum Gasteiger partial charge on any atom is 0.342 e. The highest BCUT2D eigenvalue weighted by atomic mass is 16.5. The van der Waals surface area contributed by atoms with Crippen molar-refractivity contribution in [2.45, 2.75) is 33.8 Å². The van der Waals surface area contributed by atoms with E-state index in [9.17, 15) is 19.5 Å². The summed E-state index contributed by atoms with van der Waals surface area (Å²) in [5.74, 6) is -2.06. The zero-order valence-electron chi connectivity index (χ0n) is 15.3. The Kier molecular flexibility index (Phi) is 5.50. The number of ether oxygens (including phenoxy) is 2. The molecule has 0 spiro atoms. The molecule has 7 heteroatoms. The first kappa shape index (κ1) is 19.2. The molecular formula is C19H21NO6. The normalized spacial score (nSPS) is 11.7. The van der Waals surface area contributed by atoms with Gasteiger partial charge in [0.2, 0.25) is 5.78 Å². The third kappa shape index (κ3) is 3.61. The molecule has 26 heavy (non-hydrogen) atoms. The van der Waals surface area contributed by atoms with E-state index in [0.717, 1.165) is 5.56 Å². The van der Waals surface area contributed by atoms with Crippen molar-refractivity contribution >= 4 is 17.7 Å². The number of aromatic nitrogens is 1.